The minimum atomic E-state index is 0.109. The maximum atomic E-state index is 6.30. The normalized spacial score (nSPS) is 12.9. The molecule has 2 N–H and O–H groups in total. The molecule has 0 fully saturated rings. The fourth-order valence-corrected chi connectivity index (χ4v) is 3.35. The van der Waals surface area contributed by atoms with Crippen LogP contribution >= 0.6 is 11.3 Å². The second-order valence-electron chi connectivity index (χ2n) is 4.85. The number of nitrogens with zero attached hydrogens (tertiary/aromatic N) is 2. The van der Waals surface area contributed by atoms with Gasteiger partial charge in [-0.15, -0.1) is 11.3 Å². The summed E-state index contributed by atoms with van der Waals surface area (Å²) in [7, 11) is 1.94. The lowest BCUT2D eigenvalue weighted by Crippen LogP contribution is -2.09. The van der Waals surface area contributed by atoms with Crippen LogP contribution in [0.4, 0.5) is 0 Å². The molecule has 0 amide bonds. The number of aryl methyl sites for hydroxylation is 2. The summed E-state index contributed by atoms with van der Waals surface area (Å²) < 4.78 is 3.15. The van der Waals surface area contributed by atoms with E-state index in [1.807, 2.05) is 17.9 Å². The number of thiophene rings is 1. The number of hydrogen-bond donors (Lipinski definition) is 1. The van der Waals surface area contributed by atoms with E-state index in [1.54, 1.807) is 11.3 Å². The first-order valence-electron chi connectivity index (χ1n) is 6.44. The smallest absolute Gasteiger partial charge is 0.0521 e. The molecule has 1 aromatic carbocycles. The molecule has 0 aliphatic heterocycles. The van der Waals surface area contributed by atoms with Crippen molar-refractivity contribution in [1.29, 1.82) is 0 Å². The van der Waals surface area contributed by atoms with Gasteiger partial charge in [0.25, 0.3) is 0 Å². The van der Waals surface area contributed by atoms with Crippen LogP contribution in [0.3, 0.4) is 0 Å². The Balaban J connectivity index is 1.71. The fraction of sp³-hybridized carbons (Fsp3) is 0.267. The predicted molar refractivity (Wildman–Crippen MR) is 80.3 cm³/mol. The molecule has 0 spiro atoms. The highest BCUT2D eigenvalue weighted by molar-refractivity contribution is 7.19. The first-order chi connectivity index (χ1) is 9.22. The molecule has 3 rings (SSSR count). The second kappa shape index (κ2) is 5.15. The average molecular weight is 271 g/mol. The maximum absolute atomic E-state index is 6.30. The van der Waals surface area contributed by atoms with Crippen LogP contribution in [-0.2, 0) is 13.5 Å². The largest absolute Gasteiger partial charge is 0.323 e. The third-order valence-electron chi connectivity index (χ3n) is 3.31. The molecule has 0 radical (unpaired) electrons. The number of fused-ring (bicyclic) bond motifs is 1. The van der Waals surface area contributed by atoms with Crippen molar-refractivity contribution < 1.29 is 0 Å². The predicted octanol–water partition coefficient (Wildman–Crippen LogP) is 3.27. The topological polar surface area (TPSA) is 43.8 Å². The van der Waals surface area contributed by atoms with Crippen LogP contribution in [-0.4, -0.2) is 9.78 Å². The Morgan fingerprint density at radius 3 is 2.95 bits per heavy atom. The van der Waals surface area contributed by atoms with Gasteiger partial charge in [-0.2, -0.15) is 5.10 Å². The lowest BCUT2D eigenvalue weighted by Gasteiger charge is -2.07. The molecule has 3 aromatic rings. The molecule has 2 aromatic heterocycles. The Morgan fingerprint density at radius 1 is 1.37 bits per heavy atom. The quantitative estimate of drug-likeness (QED) is 0.791. The minimum Gasteiger partial charge on any atom is -0.323 e. The summed E-state index contributed by atoms with van der Waals surface area (Å²) in [6.45, 7) is 0. The van der Waals surface area contributed by atoms with Crippen LogP contribution in [0.2, 0.25) is 0 Å². The van der Waals surface area contributed by atoms with Crippen molar-refractivity contribution in [2.24, 2.45) is 12.8 Å². The SMILES string of the molecule is Cn1cc(CCC(N)c2cc3ccccc3s2)cn1. The van der Waals surface area contributed by atoms with Crippen molar-refractivity contribution in [1.82, 2.24) is 9.78 Å². The highest BCUT2D eigenvalue weighted by Gasteiger charge is 2.10. The van der Waals surface area contributed by atoms with Crippen molar-refractivity contribution in [2.45, 2.75) is 18.9 Å². The number of hydrogen-bond acceptors (Lipinski definition) is 3. The molecule has 19 heavy (non-hydrogen) atoms. The van der Waals surface area contributed by atoms with E-state index in [9.17, 15) is 0 Å². The van der Waals surface area contributed by atoms with Gasteiger partial charge in [-0.05, 0) is 35.9 Å². The van der Waals surface area contributed by atoms with Gasteiger partial charge in [0.1, 0.15) is 0 Å². The molecule has 3 nitrogen and oxygen atoms in total. The van der Waals surface area contributed by atoms with Crippen LogP contribution in [0.5, 0.6) is 0 Å². The molecule has 0 saturated carbocycles. The van der Waals surface area contributed by atoms with E-state index in [2.05, 4.69) is 41.6 Å². The van der Waals surface area contributed by atoms with Crippen molar-refractivity contribution in [3.8, 4) is 0 Å². The lowest BCUT2D eigenvalue weighted by molar-refractivity contribution is 0.662. The zero-order valence-electron chi connectivity index (χ0n) is 10.9. The van der Waals surface area contributed by atoms with Crippen LogP contribution in [0, 0.1) is 0 Å². The Hall–Kier alpha value is -1.65. The summed E-state index contributed by atoms with van der Waals surface area (Å²) in [6, 6.07) is 10.8. The monoisotopic (exact) mass is 271 g/mol. The molecule has 4 heteroatoms. The van der Waals surface area contributed by atoms with Crippen molar-refractivity contribution in [3.05, 3.63) is 53.2 Å². The van der Waals surface area contributed by atoms with Gasteiger partial charge in [-0.1, -0.05) is 18.2 Å². The Labute approximate surface area is 116 Å². The zero-order chi connectivity index (χ0) is 13.2. The third kappa shape index (κ3) is 2.69. The van der Waals surface area contributed by atoms with E-state index >= 15 is 0 Å². The Kier molecular flexibility index (Phi) is 3.36. The number of rotatable bonds is 4. The molecule has 2 heterocycles. The first-order valence-corrected chi connectivity index (χ1v) is 7.25. The van der Waals surface area contributed by atoms with E-state index in [0.29, 0.717) is 0 Å². The Bertz CT molecular complexity index is 650. The number of benzene rings is 1. The van der Waals surface area contributed by atoms with Crippen LogP contribution in [0.25, 0.3) is 10.1 Å². The van der Waals surface area contributed by atoms with E-state index in [1.165, 1.54) is 20.5 Å². The molecule has 0 aliphatic carbocycles. The molecule has 0 bridgehead atoms. The molecule has 0 aliphatic rings. The summed E-state index contributed by atoms with van der Waals surface area (Å²) in [5, 5.41) is 5.47. The average Bonchev–Trinajstić information content (AvgIpc) is 3.01. The van der Waals surface area contributed by atoms with Gasteiger partial charge in [-0.3, -0.25) is 4.68 Å². The summed E-state index contributed by atoms with van der Waals surface area (Å²) in [4.78, 5) is 1.27. The van der Waals surface area contributed by atoms with Crippen molar-refractivity contribution in [2.75, 3.05) is 0 Å². The molecular formula is C15H17N3S. The summed E-state index contributed by atoms with van der Waals surface area (Å²) in [6.07, 6.45) is 5.90. The minimum absolute atomic E-state index is 0.109. The van der Waals surface area contributed by atoms with Gasteiger partial charge in [0.15, 0.2) is 0 Å². The molecular weight excluding hydrogens is 254 g/mol. The third-order valence-corrected chi connectivity index (χ3v) is 4.56. The molecule has 1 atom stereocenters. The van der Waals surface area contributed by atoms with E-state index in [0.717, 1.165) is 12.8 Å². The summed E-state index contributed by atoms with van der Waals surface area (Å²) >= 11 is 1.80. The van der Waals surface area contributed by atoms with Crippen LogP contribution in [0.15, 0.2) is 42.7 Å². The van der Waals surface area contributed by atoms with E-state index in [4.69, 9.17) is 5.73 Å². The van der Waals surface area contributed by atoms with Crippen molar-refractivity contribution >= 4 is 21.4 Å². The molecule has 0 saturated heterocycles. The van der Waals surface area contributed by atoms with Crippen molar-refractivity contribution in [3.63, 3.8) is 0 Å². The van der Waals surface area contributed by atoms with Gasteiger partial charge >= 0.3 is 0 Å². The molecule has 98 valence electrons. The van der Waals surface area contributed by atoms with Crippen LogP contribution in [0.1, 0.15) is 22.9 Å². The standard InChI is InChI=1S/C15H17N3S/c1-18-10-11(9-17-18)6-7-13(16)15-8-12-4-2-3-5-14(12)19-15/h2-5,8-10,13H,6-7,16H2,1H3. The van der Waals surface area contributed by atoms with Gasteiger partial charge in [-0.25, -0.2) is 0 Å². The van der Waals surface area contributed by atoms with Gasteiger partial charge < -0.3 is 5.73 Å². The molecule has 1 unspecified atom stereocenters. The summed E-state index contributed by atoms with van der Waals surface area (Å²) in [5.74, 6) is 0. The fourth-order valence-electron chi connectivity index (χ4n) is 2.25. The van der Waals surface area contributed by atoms with E-state index in [-0.39, 0.29) is 6.04 Å². The number of aromatic nitrogens is 2. The second-order valence-corrected chi connectivity index (χ2v) is 5.97. The maximum Gasteiger partial charge on any atom is 0.0521 e. The Morgan fingerprint density at radius 2 is 2.21 bits per heavy atom. The highest BCUT2D eigenvalue weighted by atomic mass is 32.1. The van der Waals surface area contributed by atoms with E-state index < -0.39 is 0 Å². The summed E-state index contributed by atoms with van der Waals surface area (Å²) in [5.41, 5.74) is 7.55. The highest BCUT2D eigenvalue weighted by Crippen LogP contribution is 2.30. The zero-order valence-corrected chi connectivity index (χ0v) is 11.7. The van der Waals surface area contributed by atoms with Gasteiger partial charge in [0.2, 0.25) is 0 Å². The number of nitrogens with two attached hydrogens (primary N) is 1. The van der Waals surface area contributed by atoms with Crippen LogP contribution < -0.4 is 5.73 Å². The first kappa shape index (κ1) is 12.4. The van der Waals surface area contributed by atoms with Gasteiger partial charge in [0.05, 0.1) is 6.20 Å². The van der Waals surface area contributed by atoms with Gasteiger partial charge in [0, 0.05) is 28.9 Å². The lowest BCUT2D eigenvalue weighted by atomic mass is 10.1.